The van der Waals surface area contributed by atoms with Crippen LogP contribution in [0.1, 0.15) is 16.7 Å². The van der Waals surface area contributed by atoms with Crippen molar-refractivity contribution in [2.24, 2.45) is 0 Å². The molecule has 0 N–H and O–H groups in total. The van der Waals surface area contributed by atoms with Gasteiger partial charge in [-0.25, -0.2) is 0 Å². The van der Waals surface area contributed by atoms with Crippen LogP contribution in [-0.2, 0) is 13.2 Å². The molecule has 0 spiro atoms. The Morgan fingerprint density at radius 2 is 1.56 bits per heavy atom. The zero-order valence-electron chi connectivity index (χ0n) is 19.3. The molecule has 4 heteroatoms. The number of hydrogen-bond acceptors (Lipinski definition) is 3. The zero-order chi connectivity index (χ0) is 23.5. The summed E-state index contributed by atoms with van der Waals surface area (Å²) in [4.78, 5) is 2.15. The van der Waals surface area contributed by atoms with Crippen molar-refractivity contribution >= 4 is 28.5 Å². The lowest BCUT2D eigenvalue weighted by atomic mass is 10.0. The largest absolute Gasteiger partial charge is 0.489 e. The highest BCUT2D eigenvalue weighted by Crippen LogP contribution is 2.41. The SMILES string of the molecule is Cc1ccc2oc(N(C)Cc3ccc(OCc4ccccc4)cc3)c(-c3ccc(Cl)cc3)c2c1. The molecule has 4 aromatic carbocycles. The third-order valence-electron chi connectivity index (χ3n) is 5.90. The number of fused-ring (bicyclic) bond motifs is 1. The van der Waals surface area contributed by atoms with Gasteiger partial charge >= 0.3 is 0 Å². The highest BCUT2D eigenvalue weighted by Gasteiger charge is 2.20. The average molecular weight is 468 g/mol. The maximum atomic E-state index is 6.35. The fourth-order valence-corrected chi connectivity index (χ4v) is 4.27. The average Bonchev–Trinajstić information content (AvgIpc) is 3.23. The molecule has 0 amide bonds. The fourth-order valence-electron chi connectivity index (χ4n) is 4.14. The summed E-state index contributed by atoms with van der Waals surface area (Å²) >= 11 is 6.15. The number of aryl methyl sites for hydroxylation is 1. The predicted molar refractivity (Wildman–Crippen MR) is 141 cm³/mol. The zero-order valence-corrected chi connectivity index (χ0v) is 20.0. The third-order valence-corrected chi connectivity index (χ3v) is 6.15. The Labute approximate surface area is 205 Å². The molecule has 0 bridgehead atoms. The first-order valence-corrected chi connectivity index (χ1v) is 11.7. The summed E-state index contributed by atoms with van der Waals surface area (Å²) in [6.07, 6.45) is 0. The maximum Gasteiger partial charge on any atom is 0.204 e. The molecule has 5 rings (SSSR count). The van der Waals surface area contributed by atoms with Gasteiger partial charge in [0.25, 0.3) is 0 Å². The van der Waals surface area contributed by atoms with Crippen LogP contribution in [0.2, 0.25) is 5.02 Å². The van der Waals surface area contributed by atoms with Crippen LogP contribution < -0.4 is 9.64 Å². The van der Waals surface area contributed by atoms with Crippen molar-refractivity contribution in [1.29, 1.82) is 0 Å². The smallest absolute Gasteiger partial charge is 0.204 e. The number of benzene rings is 4. The first kappa shape index (κ1) is 22.1. The van der Waals surface area contributed by atoms with E-state index in [2.05, 4.69) is 55.3 Å². The summed E-state index contributed by atoms with van der Waals surface area (Å²) in [5.41, 5.74) is 6.57. The highest BCUT2D eigenvalue weighted by atomic mass is 35.5. The van der Waals surface area contributed by atoms with E-state index in [-0.39, 0.29) is 0 Å². The standard InChI is InChI=1S/C30H26ClNO2/c1-21-8-17-28-27(18-21)29(24-11-13-25(31)14-12-24)30(34-28)32(2)19-22-9-15-26(16-10-22)33-20-23-6-4-3-5-7-23/h3-18H,19-20H2,1-2H3. The van der Waals surface area contributed by atoms with Gasteiger partial charge in [-0.1, -0.05) is 77.8 Å². The van der Waals surface area contributed by atoms with E-state index in [1.807, 2.05) is 60.7 Å². The number of halogens is 1. The van der Waals surface area contributed by atoms with Crippen molar-refractivity contribution in [2.45, 2.75) is 20.1 Å². The molecule has 1 aromatic heterocycles. The van der Waals surface area contributed by atoms with Gasteiger partial charge in [0.05, 0.1) is 5.56 Å². The number of hydrogen-bond donors (Lipinski definition) is 0. The molecule has 1 heterocycles. The Bertz CT molecular complexity index is 1390. The summed E-state index contributed by atoms with van der Waals surface area (Å²) < 4.78 is 12.3. The summed E-state index contributed by atoms with van der Waals surface area (Å²) in [5, 5.41) is 1.83. The van der Waals surface area contributed by atoms with Crippen LogP contribution in [0.15, 0.2) is 101 Å². The Balaban J connectivity index is 1.38. The Kier molecular flexibility index (Phi) is 6.29. The molecule has 0 unspecified atom stereocenters. The van der Waals surface area contributed by atoms with Gasteiger partial charge in [0.2, 0.25) is 5.88 Å². The quantitative estimate of drug-likeness (QED) is 0.241. The number of rotatable bonds is 7. The van der Waals surface area contributed by atoms with Crippen LogP contribution in [0.4, 0.5) is 5.88 Å². The van der Waals surface area contributed by atoms with Crippen LogP contribution in [0.25, 0.3) is 22.1 Å². The molecule has 0 aliphatic heterocycles. The molecule has 0 aliphatic rings. The second-order valence-electron chi connectivity index (χ2n) is 8.56. The molecule has 0 radical (unpaired) electrons. The second-order valence-corrected chi connectivity index (χ2v) is 9.00. The van der Waals surface area contributed by atoms with Gasteiger partial charge in [-0.05, 0) is 60.0 Å². The summed E-state index contributed by atoms with van der Waals surface area (Å²) in [7, 11) is 2.06. The first-order valence-electron chi connectivity index (χ1n) is 11.3. The van der Waals surface area contributed by atoms with Crippen LogP contribution in [0.3, 0.4) is 0 Å². The van der Waals surface area contributed by atoms with Crippen molar-refractivity contribution in [1.82, 2.24) is 0 Å². The minimum absolute atomic E-state index is 0.558. The molecule has 0 saturated heterocycles. The summed E-state index contributed by atoms with van der Waals surface area (Å²) in [6, 6.07) is 32.7. The fraction of sp³-hybridized carbons (Fsp3) is 0.133. The Morgan fingerprint density at radius 3 is 2.29 bits per heavy atom. The first-order chi connectivity index (χ1) is 16.6. The Morgan fingerprint density at radius 1 is 0.824 bits per heavy atom. The van der Waals surface area contributed by atoms with Crippen LogP contribution in [-0.4, -0.2) is 7.05 Å². The van der Waals surface area contributed by atoms with Crippen molar-refractivity contribution < 1.29 is 9.15 Å². The monoisotopic (exact) mass is 467 g/mol. The van der Waals surface area contributed by atoms with E-state index < -0.39 is 0 Å². The van der Waals surface area contributed by atoms with Gasteiger partial charge in [0.1, 0.15) is 17.9 Å². The number of anilines is 1. The second kappa shape index (κ2) is 9.66. The van der Waals surface area contributed by atoms with Gasteiger partial charge in [-0.2, -0.15) is 0 Å². The lowest BCUT2D eigenvalue weighted by molar-refractivity contribution is 0.306. The Hall–Kier alpha value is -3.69. The van der Waals surface area contributed by atoms with E-state index in [1.165, 1.54) is 11.1 Å². The molecule has 0 saturated carbocycles. The number of nitrogens with zero attached hydrogens (tertiary/aromatic N) is 1. The normalized spacial score (nSPS) is 11.0. The van der Waals surface area contributed by atoms with Gasteiger partial charge in [0.15, 0.2) is 0 Å². The van der Waals surface area contributed by atoms with E-state index >= 15 is 0 Å². The molecular formula is C30H26ClNO2. The van der Waals surface area contributed by atoms with Crippen molar-refractivity contribution in [3.8, 4) is 16.9 Å². The van der Waals surface area contributed by atoms with E-state index in [0.717, 1.165) is 44.3 Å². The molecule has 0 atom stereocenters. The lowest BCUT2D eigenvalue weighted by Gasteiger charge is -2.18. The number of furan rings is 1. The molecule has 0 aliphatic carbocycles. The van der Waals surface area contributed by atoms with E-state index in [4.69, 9.17) is 20.8 Å². The molecule has 34 heavy (non-hydrogen) atoms. The van der Waals surface area contributed by atoms with Crippen molar-refractivity contribution in [3.63, 3.8) is 0 Å². The molecular weight excluding hydrogens is 442 g/mol. The van der Waals surface area contributed by atoms with Crippen LogP contribution in [0, 0.1) is 6.92 Å². The van der Waals surface area contributed by atoms with Gasteiger partial charge < -0.3 is 14.1 Å². The lowest BCUT2D eigenvalue weighted by Crippen LogP contribution is -2.16. The van der Waals surface area contributed by atoms with E-state index in [0.29, 0.717) is 13.2 Å². The van der Waals surface area contributed by atoms with Crippen LogP contribution >= 0.6 is 11.6 Å². The molecule has 170 valence electrons. The topological polar surface area (TPSA) is 25.6 Å². The van der Waals surface area contributed by atoms with Crippen LogP contribution in [0.5, 0.6) is 5.75 Å². The summed E-state index contributed by atoms with van der Waals surface area (Å²) in [6.45, 7) is 3.37. The van der Waals surface area contributed by atoms with Crippen molar-refractivity contribution in [3.05, 3.63) is 119 Å². The maximum absolute atomic E-state index is 6.35. The third kappa shape index (κ3) is 4.80. The van der Waals surface area contributed by atoms with E-state index in [9.17, 15) is 0 Å². The highest BCUT2D eigenvalue weighted by molar-refractivity contribution is 6.30. The minimum Gasteiger partial charge on any atom is -0.489 e. The number of ether oxygens (including phenoxy) is 1. The minimum atomic E-state index is 0.558. The van der Waals surface area contributed by atoms with Gasteiger partial charge in [0, 0.05) is 24.0 Å². The molecule has 5 aromatic rings. The predicted octanol–water partition coefficient (Wildman–Crippen LogP) is 8.28. The van der Waals surface area contributed by atoms with Crippen molar-refractivity contribution in [2.75, 3.05) is 11.9 Å². The van der Waals surface area contributed by atoms with Gasteiger partial charge in [-0.15, -0.1) is 0 Å². The molecule has 0 fully saturated rings. The van der Waals surface area contributed by atoms with Gasteiger partial charge in [-0.3, -0.25) is 0 Å². The van der Waals surface area contributed by atoms with E-state index in [1.54, 1.807) is 0 Å². The summed E-state index contributed by atoms with van der Waals surface area (Å²) in [5.74, 6) is 1.70. The molecule has 3 nitrogen and oxygen atoms in total.